The van der Waals surface area contributed by atoms with E-state index in [1.165, 1.54) is 133 Å². The van der Waals surface area contributed by atoms with Crippen LogP contribution in [0.2, 0.25) is 0 Å². The van der Waals surface area contributed by atoms with Gasteiger partial charge in [-0.25, -0.2) is 29.7 Å². The SMILES string of the molecule is O=C(O)c1cccc(N=Nc2ccc(Nc3nc(NCCNc4nc(Nc5ccc(N=Nc6cccc(C(=O)O)c6)cc5OCCCSOOO)nc(Nc5ccc(N=Nc6cccc(C(=O)O)c6)cc5OCCCS(=O)(=O)O)n4)nc(Nc4ccc(N=Nc5cccc(C(=O)O)c5)cc4OCCCS(=O)(=O)O)n3)c(OCCCSOOO)c2)c1. The molecule has 44 nitrogen and oxygen atoms in total. The molecule has 0 atom stereocenters. The number of hydrogen-bond donors (Lipinski definition) is 14. The highest BCUT2D eigenvalue weighted by Crippen LogP contribution is 2.39. The second kappa shape index (κ2) is 44.6. The minimum atomic E-state index is -4.41. The number of rotatable bonds is 49. The van der Waals surface area contributed by atoms with Gasteiger partial charge in [-0.1, -0.05) is 34.3 Å². The largest absolute Gasteiger partial charge is 0.491 e. The first-order valence-corrected chi connectivity index (χ1v) is 40.2. The monoisotopic (exact) mass is 1730 g/mol. The van der Waals surface area contributed by atoms with E-state index in [-0.39, 0.29) is 213 Å². The molecule has 0 saturated carbocycles. The topological polar surface area (TPSA) is 621 Å². The molecule has 626 valence electrons. The highest BCUT2D eigenvalue weighted by atomic mass is 32.2. The van der Waals surface area contributed by atoms with Gasteiger partial charge in [-0.3, -0.25) is 9.11 Å². The maximum absolute atomic E-state index is 11.8. The highest BCUT2D eigenvalue weighted by Gasteiger charge is 2.20. The van der Waals surface area contributed by atoms with Gasteiger partial charge >= 0.3 is 23.9 Å². The number of benzene rings is 8. The van der Waals surface area contributed by atoms with Crippen molar-refractivity contribution in [2.45, 2.75) is 25.7 Å². The summed E-state index contributed by atoms with van der Waals surface area (Å²) >= 11 is 1.59. The van der Waals surface area contributed by atoms with Crippen molar-refractivity contribution in [3.05, 3.63) is 192 Å². The van der Waals surface area contributed by atoms with Crippen LogP contribution in [0.15, 0.2) is 211 Å². The molecule has 120 heavy (non-hydrogen) atoms. The van der Waals surface area contributed by atoms with Crippen LogP contribution in [0.4, 0.5) is 104 Å². The normalized spacial score (nSPS) is 11.6. The summed E-state index contributed by atoms with van der Waals surface area (Å²) in [4.78, 5) is 75.1. The maximum atomic E-state index is 11.8. The zero-order valence-electron chi connectivity index (χ0n) is 62.1. The van der Waals surface area contributed by atoms with Gasteiger partial charge in [0.05, 0.1) is 128 Å². The Hall–Kier alpha value is -13.7. The van der Waals surface area contributed by atoms with Crippen LogP contribution < -0.4 is 50.8 Å². The van der Waals surface area contributed by atoms with Crippen molar-refractivity contribution in [2.75, 3.05) is 94.4 Å². The van der Waals surface area contributed by atoms with Crippen LogP contribution >= 0.6 is 24.1 Å². The zero-order valence-corrected chi connectivity index (χ0v) is 65.3. The summed E-state index contributed by atoms with van der Waals surface area (Å²) in [5.41, 5.74) is 2.42. The van der Waals surface area contributed by atoms with E-state index in [0.29, 0.717) is 12.8 Å². The lowest BCUT2D eigenvalue weighted by Crippen LogP contribution is -2.18. The number of carbonyl (C=O) groups is 4. The molecule has 8 aromatic carbocycles. The number of nitrogens with one attached hydrogen (secondary N) is 6. The first kappa shape index (κ1) is 88.7. The maximum Gasteiger partial charge on any atom is 0.335 e. The van der Waals surface area contributed by atoms with E-state index >= 15 is 0 Å². The van der Waals surface area contributed by atoms with Crippen molar-refractivity contribution in [1.29, 1.82) is 0 Å². The van der Waals surface area contributed by atoms with E-state index in [4.69, 9.17) is 39.4 Å². The van der Waals surface area contributed by atoms with E-state index in [0.717, 1.165) is 24.1 Å². The summed E-state index contributed by atoms with van der Waals surface area (Å²) in [5.74, 6) is -5.84. The van der Waals surface area contributed by atoms with Crippen molar-refractivity contribution < 1.29 is 114 Å². The number of aromatic nitrogens is 6. The molecule has 10 rings (SSSR count). The second-order valence-corrected chi connectivity index (χ2v) is 28.9. The Labute approximate surface area is 688 Å². The molecular weight excluding hydrogens is 1660 g/mol. The molecule has 10 aromatic rings. The highest BCUT2D eigenvalue weighted by molar-refractivity contribution is 7.94. The molecule has 0 aliphatic rings. The van der Waals surface area contributed by atoms with Gasteiger partial charge in [0.15, 0.2) is 0 Å². The van der Waals surface area contributed by atoms with E-state index in [9.17, 15) is 65.5 Å². The standard InChI is InChI=1S/C72H70N20O24S4/c93-63(94)43-9-1-13-47(35-43)85-89-51-17-21-55(59(39-51)109-27-5-31-117-115-113-101)75-69-79-67(81-71(83-69)77-57-23-19-53(41-61(57)111-29-7-33-119(103,104)105)91-87-49-15-3-11-45(37-49)65(97)98)73-25-26-74-68-80-70(76-56-22-18-52(40-60(56)110-28-6-32-118-116-114-102)90-86-48-14-2-10-44(36-48)64(95)96)84-72(82-68)78-58-24-20-54(42-62(58)112-30-8-34-120(106,107)108)92-88-50-16-4-12-46(38-50)66(99)100/h1-4,9-24,35-42,101-102H,5-8,25-34H2,(H,93,94)(H,95,96)(H,97,98)(H,99,100)(H,103,104,105)(H,106,107,108)(H3,73,75,77,79,81,83)(H3,74,76,78,80,82,84). The Morgan fingerprint density at radius 1 is 0.333 bits per heavy atom. The fourth-order valence-electron chi connectivity index (χ4n) is 9.97. The van der Waals surface area contributed by atoms with Gasteiger partial charge in [0.1, 0.15) is 23.0 Å². The first-order valence-electron chi connectivity index (χ1n) is 35.1. The predicted octanol–water partition coefficient (Wildman–Crippen LogP) is 16.0. The Morgan fingerprint density at radius 3 is 0.817 bits per heavy atom. The average Bonchev–Trinajstić information content (AvgIpc) is 0.822. The van der Waals surface area contributed by atoms with E-state index in [2.05, 4.69) is 111 Å². The third kappa shape index (κ3) is 29.8. The average molecular weight is 1730 g/mol. The molecular formula is C72H70N20O24S4. The molecule has 0 spiro atoms. The number of nitrogens with zero attached hydrogens (tertiary/aromatic N) is 14. The minimum absolute atomic E-state index is 0.0258. The second-order valence-electron chi connectivity index (χ2n) is 24.2. The summed E-state index contributed by atoms with van der Waals surface area (Å²) < 4.78 is 99.9. The Kier molecular flexibility index (Phi) is 33.0. The molecule has 2 heterocycles. The number of carboxylic acids is 4. The van der Waals surface area contributed by atoms with Gasteiger partial charge in [0, 0.05) is 72.9 Å². The van der Waals surface area contributed by atoms with Gasteiger partial charge in [0.2, 0.25) is 35.7 Å². The summed E-state index contributed by atoms with van der Waals surface area (Å²) in [5, 5.41) is 116. The predicted molar refractivity (Wildman–Crippen MR) is 434 cm³/mol. The Balaban J connectivity index is 1.01. The first-order chi connectivity index (χ1) is 57.9. The summed E-state index contributed by atoms with van der Waals surface area (Å²) in [6, 6.07) is 41.2. The minimum Gasteiger partial charge on any atom is -0.491 e. The fourth-order valence-corrected chi connectivity index (χ4v) is 11.6. The summed E-state index contributed by atoms with van der Waals surface area (Å²) in [6.45, 7) is -0.521. The zero-order chi connectivity index (χ0) is 85.2. The van der Waals surface area contributed by atoms with Crippen LogP contribution in [-0.4, -0.2) is 173 Å². The number of anilines is 10. The van der Waals surface area contributed by atoms with Crippen LogP contribution in [0, 0.1) is 0 Å². The molecule has 0 saturated heterocycles. The van der Waals surface area contributed by atoms with Crippen LogP contribution in [0.3, 0.4) is 0 Å². The lowest BCUT2D eigenvalue weighted by Gasteiger charge is -2.17. The van der Waals surface area contributed by atoms with Crippen molar-refractivity contribution in [1.82, 2.24) is 29.9 Å². The van der Waals surface area contributed by atoms with Crippen LogP contribution in [0.5, 0.6) is 23.0 Å². The number of carboxylic acid groups (broad SMARTS) is 4. The summed E-state index contributed by atoms with van der Waals surface area (Å²) in [7, 11) is -8.83. The third-order valence-electron chi connectivity index (χ3n) is 15.3. The third-order valence-corrected chi connectivity index (χ3v) is 18.2. The van der Waals surface area contributed by atoms with Crippen molar-refractivity contribution in [2.24, 2.45) is 40.9 Å². The Morgan fingerprint density at radius 2 is 0.575 bits per heavy atom. The molecule has 0 aliphatic heterocycles. The lowest BCUT2D eigenvalue weighted by atomic mass is 10.2. The lowest BCUT2D eigenvalue weighted by molar-refractivity contribution is -0.432. The molecule has 48 heteroatoms. The van der Waals surface area contributed by atoms with Crippen molar-refractivity contribution in [3.8, 4) is 23.0 Å². The van der Waals surface area contributed by atoms with Crippen LogP contribution in [-0.2, 0) is 39.0 Å². The molecule has 0 aliphatic carbocycles. The fraction of sp³-hybridized carbons (Fsp3) is 0.194. The van der Waals surface area contributed by atoms with Gasteiger partial charge in [0.25, 0.3) is 20.2 Å². The van der Waals surface area contributed by atoms with Gasteiger partial charge in [-0.05, 0) is 147 Å². The van der Waals surface area contributed by atoms with Crippen molar-refractivity contribution >= 4 is 172 Å². The molecule has 0 amide bonds. The molecule has 14 N–H and O–H groups in total. The molecule has 0 bridgehead atoms. The van der Waals surface area contributed by atoms with Crippen molar-refractivity contribution in [3.63, 3.8) is 0 Å². The van der Waals surface area contributed by atoms with E-state index in [1.807, 2.05) is 0 Å². The molecule has 0 fully saturated rings. The van der Waals surface area contributed by atoms with Gasteiger partial charge in [-0.2, -0.15) is 87.7 Å². The van der Waals surface area contributed by atoms with Gasteiger partial charge in [-0.15, -0.1) is 8.67 Å². The van der Waals surface area contributed by atoms with E-state index < -0.39 is 55.6 Å². The smallest absolute Gasteiger partial charge is 0.335 e. The molecule has 2 aromatic heterocycles. The number of azo groups is 4. The van der Waals surface area contributed by atoms with Crippen LogP contribution in [0.25, 0.3) is 0 Å². The van der Waals surface area contributed by atoms with E-state index in [1.54, 1.807) is 36.4 Å². The molecule has 0 radical (unpaired) electrons. The Bertz CT molecular complexity index is 5290. The number of ether oxygens (including phenoxy) is 4. The number of hydrogen-bond acceptors (Lipinski definition) is 40. The quantitative estimate of drug-likeness (QED) is 0.00420. The van der Waals surface area contributed by atoms with Gasteiger partial charge < -0.3 is 71.3 Å². The summed E-state index contributed by atoms with van der Waals surface area (Å²) in [6.07, 6.45) is 0.345. The number of aromatic carboxylic acids is 4. The molecule has 0 unspecified atom stereocenters. The van der Waals surface area contributed by atoms with Crippen LogP contribution in [0.1, 0.15) is 67.1 Å².